The Morgan fingerprint density at radius 2 is 2.28 bits per heavy atom. The molecule has 0 atom stereocenters. The minimum atomic E-state index is -1.05. The topological polar surface area (TPSA) is 62.5 Å². The van der Waals surface area contributed by atoms with Gasteiger partial charge in [-0.05, 0) is 30.7 Å². The number of hydrogen-bond donors (Lipinski definition) is 2. The second-order valence-electron chi connectivity index (χ2n) is 3.82. The van der Waals surface area contributed by atoms with Crippen LogP contribution < -0.4 is 5.32 Å². The first-order valence-electron chi connectivity index (χ1n) is 5.57. The van der Waals surface area contributed by atoms with Crippen molar-refractivity contribution in [2.75, 3.05) is 6.54 Å². The summed E-state index contributed by atoms with van der Waals surface area (Å²) in [4.78, 5) is 10.8. The van der Waals surface area contributed by atoms with E-state index >= 15 is 0 Å². The van der Waals surface area contributed by atoms with Crippen LogP contribution in [0.2, 0.25) is 0 Å². The SMILES string of the molecule is CC#CCNCc1ccc2oc(C(=O)O)cc2c1. The molecule has 92 valence electrons. The molecule has 0 aliphatic rings. The summed E-state index contributed by atoms with van der Waals surface area (Å²) in [7, 11) is 0. The van der Waals surface area contributed by atoms with Gasteiger partial charge in [-0.3, -0.25) is 0 Å². The van der Waals surface area contributed by atoms with Crippen LogP contribution in [0.3, 0.4) is 0 Å². The highest BCUT2D eigenvalue weighted by Gasteiger charge is 2.10. The molecule has 4 heteroatoms. The van der Waals surface area contributed by atoms with E-state index in [0.29, 0.717) is 18.7 Å². The highest BCUT2D eigenvalue weighted by atomic mass is 16.4. The van der Waals surface area contributed by atoms with Crippen LogP contribution >= 0.6 is 0 Å². The van der Waals surface area contributed by atoms with Crippen molar-refractivity contribution in [3.63, 3.8) is 0 Å². The van der Waals surface area contributed by atoms with Crippen molar-refractivity contribution < 1.29 is 14.3 Å². The Kier molecular flexibility index (Phi) is 3.66. The monoisotopic (exact) mass is 243 g/mol. The molecule has 0 saturated heterocycles. The van der Waals surface area contributed by atoms with Gasteiger partial charge in [0.25, 0.3) is 0 Å². The van der Waals surface area contributed by atoms with Gasteiger partial charge >= 0.3 is 5.97 Å². The zero-order valence-corrected chi connectivity index (χ0v) is 9.99. The predicted molar refractivity (Wildman–Crippen MR) is 68.3 cm³/mol. The number of rotatable bonds is 4. The highest BCUT2D eigenvalue weighted by Crippen LogP contribution is 2.20. The molecule has 2 aromatic rings. The van der Waals surface area contributed by atoms with Gasteiger partial charge in [0, 0.05) is 11.9 Å². The van der Waals surface area contributed by atoms with Crippen LogP contribution in [0, 0.1) is 11.8 Å². The second-order valence-corrected chi connectivity index (χ2v) is 3.82. The van der Waals surface area contributed by atoms with Gasteiger partial charge in [0.1, 0.15) is 5.58 Å². The Labute approximate surface area is 105 Å². The zero-order valence-electron chi connectivity index (χ0n) is 9.99. The number of furan rings is 1. The summed E-state index contributed by atoms with van der Waals surface area (Å²) in [5, 5.41) is 12.8. The van der Waals surface area contributed by atoms with Gasteiger partial charge in [-0.15, -0.1) is 5.92 Å². The molecule has 18 heavy (non-hydrogen) atoms. The van der Waals surface area contributed by atoms with Gasteiger partial charge in [-0.2, -0.15) is 0 Å². The van der Waals surface area contributed by atoms with Crippen molar-refractivity contribution in [2.45, 2.75) is 13.5 Å². The first-order chi connectivity index (χ1) is 8.70. The van der Waals surface area contributed by atoms with Crippen molar-refractivity contribution in [1.29, 1.82) is 0 Å². The maximum Gasteiger partial charge on any atom is 0.371 e. The molecule has 4 nitrogen and oxygen atoms in total. The maximum absolute atomic E-state index is 10.8. The normalized spacial score (nSPS) is 10.1. The average molecular weight is 243 g/mol. The molecule has 0 spiro atoms. The molecule has 0 aliphatic carbocycles. The minimum absolute atomic E-state index is 0.0352. The van der Waals surface area contributed by atoms with Crippen molar-refractivity contribution in [2.24, 2.45) is 0 Å². The summed E-state index contributed by atoms with van der Waals surface area (Å²) >= 11 is 0. The molecule has 0 bridgehead atoms. The Balaban J connectivity index is 2.15. The highest BCUT2D eigenvalue weighted by molar-refractivity contribution is 5.91. The average Bonchev–Trinajstić information content (AvgIpc) is 2.78. The third-order valence-electron chi connectivity index (χ3n) is 2.51. The summed E-state index contributed by atoms with van der Waals surface area (Å²) < 4.78 is 5.19. The van der Waals surface area contributed by atoms with E-state index in [4.69, 9.17) is 9.52 Å². The summed E-state index contributed by atoms with van der Waals surface area (Å²) in [5.41, 5.74) is 1.66. The van der Waals surface area contributed by atoms with E-state index in [9.17, 15) is 4.79 Å². The number of nitrogens with one attached hydrogen (secondary N) is 1. The van der Waals surface area contributed by atoms with Gasteiger partial charge in [-0.1, -0.05) is 12.0 Å². The minimum Gasteiger partial charge on any atom is -0.475 e. The van der Waals surface area contributed by atoms with E-state index in [2.05, 4.69) is 17.2 Å². The molecular formula is C14H13NO3. The van der Waals surface area contributed by atoms with E-state index in [-0.39, 0.29) is 5.76 Å². The quantitative estimate of drug-likeness (QED) is 0.638. The van der Waals surface area contributed by atoms with Gasteiger partial charge in [-0.25, -0.2) is 4.79 Å². The van der Waals surface area contributed by atoms with Crippen molar-refractivity contribution in [3.8, 4) is 11.8 Å². The molecule has 1 heterocycles. The van der Waals surface area contributed by atoms with Gasteiger partial charge in [0.05, 0.1) is 6.54 Å². The molecule has 2 rings (SSSR count). The fraction of sp³-hybridized carbons (Fsp3) is 0.214. The zero-order chi connectivity index (χ0) is 13.0. The van der Waals surface area contributed by atoms with Gasteiger partial charge in [0.2, 0.25) is 5.76 Å². The maximum atomic E-state index is 10.8. The summed E-state index contributed by atoms with van der Waals surface area (Å²) in [6.45, 7) is 3.13. The number of benzene rings is 1. The third kappa shape index (κ3) is 2.70. The number of hydrogen-bond acceptors (Lipinski definition) is 3. The number of carbonyl (C=O) groups is 1. The molecule has 0 amide bonds. The van der Waals surface area contributed by atoms with Crippen LogP contribution in [0.5, 0.6) is 0 Å². The van der Waals surface area contributed by atoms with E-state index in [1.165, 1.54) is 6.07 Å². The number of aromatic carboxylic acids is 1. The van der Waals surface area contributed by atoms with Crippen LogP contribution in [0.25, 0.3) is 11.0 Å². The Bertz CT molecular complexity index is 631. The molecule has 2 N–H and O–H groups in total. The van der Waals surface area contributed by atoms with E-state index < -0.39 is 5.97 Å². The van der Waals surface area contributed by atoms with Crippen LogP contribution in [0.4, 0.5) is 0 Å². The lowest BCUT2D eigenvalue weighted by atomic mass is 10.1. The first kappa shape index (κ1) is 12.2. The first-order valence-corrected chi connectivity index (χ1v) is 5.57. The predicted octanol–water partition coefficient (Wildman–Crippen LogP) is 2.24. The molecule has 0 fully saturated rings. The van der Waals surface area contributed by atoms with Crippen molar-refractivity contribution in [1.82, 2.24) is 5.32 Å². The lowest BCUT2D eigenvalue weighted by Gasteiger charge is -2.00. The number of carboxylic acids is 1. The van der Waals surface area contributed by atoms with E-state index in [0.717, 1.165) is 10.9 Å². The number of carboxylic acid groups (broad SMARTS) is 1. The summed E-state index contributed by atoms with van der Waals surface area (Å²) in [6.07, 6.45) is 0. The lowest BCUT2D eigenvalue weighted by molar-refractivity contribution is 0.0665. The Morgan fingerprint density at radius 1 is 1.44 bits per heavy atom. The molecule has 1 aromatic heterocycles. The molecule has 1 aromatic carbocycles. The molecule has 0 saturated carbocycles. The smallest absolute Gasteiger partial charge is 0.371 e. The molecule has 0 aliphatic heterocycles. The fourth-order valence-corrected chi connectivity index (χ4v) is 1.67. The number of fused-ring (bicyclic) bond motifs is 1. The van der Waals surface area contributed by atoms with Gasteiger partial charge < -0.3 is 14.8 Å². The summed E-state index contributed by atoms with van der Waals surface area (Å²) in [6, 6.07) is 7.14. The van der Waals surface area contributed by atoms with Gasteiger partial charge in [0.15, 0.2) is 0 Å². The van der Waals surface area contributed by atoms with Crippen LogP contribution in [-0.4, -0.2) is 17.6 Å². The van der Waals surface area contributed by atoms with E-state index in [1.54, 1.807) is 13.0 Å². The second kappa shape index (κ2) is 5.39. The lowest BCUT2D eigenvalue weighted by Crippen LogP contribution is -2.12. The van der Waals surface area contributed by atoms with Crippen molar-refractivity contribution in [3.05, 3.63) is 35.6 Å². The Morgan fingerprint density at radius 3 is 3.00 bits per heavy atom. The van der Waals surface area contributed by atoms with E-state index in [1.807, 2.05) is 12.1 Å². The molecule has 0 radical (unpaired) electrons. The summed E-state index contributed by atoms with van der Waals surface area (Å²) in [5.74, 6) is 4.64. The van der Waals surface area contributed by atoms with Crippen LogP contribution in [-0.2, 0) is 6.54 Å². The molecule has 0 unspecified atom stereocenters. The third-order valence-corrected chi connectivity index (χ3v) is 2.51. The molecular weight excluding hydrogens is 230 g/mol. The fourth-order valence-electron chi connectivity index (χ4n) is 1.67. The van der Waals surface area contributed by atoms with Crippen molar-refractivity contribution >= 4 is 16.9 Å². The largest absolute Gasteiger partial charge is 0.475 e. The van der Waals surface area contributed by atoms with Crippen LogP contribution in [0.15, 0.2) is 28.7 Å². The standard InChI is InChI=1S/C14H13NO3/c1-2-3-6-15-9-10-4-5-12-11(7-10)8-13(18-12)14(16)17/h4-5,7-8,15H,6,9H2,1H3,(H,16,17). The van der Waals surface area contributed by atoms with Crippen LogP contribution in [0.1, 0.15) is 23.0 Å². The Hall–Kier alpha value is -2.25.